The smallest absolute Gasteiger partial charge is 0.405 e. The van der Waals surface area contributed by atoms with Crippen LogP contribution in [-0.4, -0.2) is 58.5 Å². The van der Waals surface area contributed by atoms with Crippen LogP contribution >= 0.6 is 0 Å². The number of ether oxygens (including phenoxy) is 1. The van der Waals surface area contributed by atoms with Crippen molar-refractivity contribution in [2.24, 2.45) is 0 Å². The van der Waals surface area contributed by atoms with Gasteiger partial charge in [-0.15, -0.1) is 0 Å². The summed E-state index contributed by atoms with van der Waals surface area (Å²) in [6, 6.07) is 13.7. The van der Waals surface area contributed by atoms with Gasteiger partial charge in [0, 0.05) is 6.54 Å². The summed E-state index contributed by atoms with van der Waals surface area (Å²) in [5, 5.41) is 21.0. The van der Waals surface area contributed by atoms with E-state index in [1.807, 2.05) is 24.3 Å². The summed E-state index contributed by atoms with van der Waals surface area (Å²) in [4.78, 5) is 26.3. The number of aliphatic hydroxyl groups excluding tert-OH is 1. The Hall–Kier alpha value is -2.97. The van der Waals surface area contributed by atoms with E-state index in [4.69, 9.17) is 9.84 Å². The number of nitrogens with zero attached hydrogens (tertiary/aromatic N) is 1. The lowest BCUT2D eigenvalue weighted by molar-refractivity contribution is -0.153. The monoisotopic (exact) mass is 428 g/mol. The quantitative estimate of drug-likeness (QED) is 0.695. The summed E-state index contributed by atoms with van der Waals surface area (Å²) in [6.07, 6.45) is -0.700. The van der Waals surface area contributed by atoms with Crippen molar-refractivity contribution in [1.29, 1.82) is 0 Å². The Balaban J connectivity index is 1.58. The zero-order valence-electron chi connectivity index (χ0n) is 17.0. The zero-order chi connectivity index (χ0) is 22.0. The Labute approximate surface area is 179 Å². The largest absolute Gasteiger partial charge is 0.465 e. The summed E-state index contributed by atoms with van der Waals surface area (Å²) in [5.41, 5.74) is 1.86. The van der Waals surface area contributed by atoms with Crippen molar-refractivity contribution in [3.63, 3.8) is 0 Å². The lowest BCUT2D eigenvalue weighted by Crippen LogP contribution is -2.59. The molecule has 4 rings (SSSR count). The molecule has 2 amide bonds. The number of hydrogen-bond donors (Lipinski definition) is 3. The number of halogens is 1. The minimum absolute atomic E-state index is 0.0855. The maximum Gasteiger partial charge on any atom is 0.405 e. The zero-order valence-corrected chi connectivity index (χ0v) is 17.0. The maximum atomic E-state index is 13.5. The van der Waals surface area contributed by atoms with Crippen molar-refractivity contribution in [3.8, 4) is 0 Å². The molecule has 0 spiro atoms. The van der Waals surface area contributed by atoms with Crippen molar-refractivity contribution in [2.75, 3.05) is 19.8 Å². The standard InChI is InChI=1S/C23H25FN2O5/c24-17-7-5-16(6-8-17)20-18-4-2-1-3-15(18)10-12-26(20)21(28)19-9-11-23(13-27,14-31-19)25-22(29)30/h1-8,19-20,25,27H,9-14H2,(H,29,30)/t19-,20+,23-/m1/s1. The molecule has 1 fully saturated rings. The first-order valence-corrected chi connectivity index (χ1v) is 10.3. The number of carbonyl (C=O) groups excluding carboxylic acids is 1. The highest BCUT2D eigenvalue weighted by Crippen LogP contribution is 2.37. The molecule has 3 N–H and O–H groups in total. The van der Waals surface area contributed by atoms with Gasteiger partial charge in [0.1, 0.15) is 11.9 Å². The van der Waals surface area contributed by atoms with Gasteiger partial charge in [0.2, 0.25) is 0 Å². The molecule has 3 atom stereocenters. The van der Waals surface area contributed by atoms with Gasteiger partial charge in [-0.05, 0) is 48.1 Å². The molecule has 164 valence electrons. The average Bonchev–Trinajstić information content (AvgIpc) is 2.78. The molecule has 2 heterocycles. The van der Waals surface area contributed by atoms with Gasteiger partial charge in [0.05, 0.1) is 24.8 Å². The number of aliphatic hydroxyl groups is 1. The molecule has 2 aliphatic heterocycles. The number of fused-ring (bicyclic) bond motifs is 1. The van der Waals surface area contributed by atoms with Crippen molar-refractivity contribution < 1.29 is 28.9 Å². The highest BCUT2D eigenvalue weighted by atomic mass is 19.1. The van der Waals surface area contributed by atoms with Gasteiger partial charge in [-0.3, -0.25) is 4.79 Å². The van der Waals surface area contributed by atoms with E-state index in [2.05, 4.69) is 5.32 Å². The fourth-order valence-electron chi connectivity index (χ4n) is 4.50. The second-order valence-corrected chi connectivity index (χ2v) is 8.14. The van der Waals surface area contributed by atoms with Crippen molar-refractivity contribution in [1.82, 2.24) is 10.2 Å². The molecule has 2 aromatic carbocycles. The second kappa shape index (κ2) is 8.64. The van der Waals surface area contributed by atoms with Crippen LogP contribution in [0.3, 0.4) is 0 Å². The molecular weight excluding hydrogens is 403 g/mol. The van der Waals surface area contributed by atoms with Gasteiger partial charge in [-0.2, -0.15) is 0 Å². The van der Waals surface area contributed by atoms with Crippen molar-refractivity contribution >= 4 is 12.0 Å². The Morgan fingerprint density at radius 2 is 1.94 bits per heavy atom. The predicted molar refractivity (Wildman–Crippen MR) is 110 cm³/mol. The van der Waals surface area contributed by atoms with E-state index in [-0.39, 0.29) is 37.2 Å². The molecule has 1 saturated heterocycles. The summed E-state index contributed by atoms with van der Waals surface area (Å²) in [5.74, 6) is -0.529. The van der Waals surface area contributed by atoms with Gasteiger partial charge in [0.25, 0.3) is 5.91 Å². The second-order valence-electron chi connectivity index (χ2n) is 8.14. The van der Waals surface area contributed by atoms with Crippen molar-refractivity contribution in [3.05, 3.63) is 71.0 Å². The van der Waals surface area contributed by atoms with E-state index in [0.29, 0.717) is 13.0 Å². The Bertz CT molecular complexity index is 957. The van der Waals surface area contributed by atoms with Crippen LogP contribution in [0.15, 0.2) is 48.5 Å². The lowest BCUT2D eigenvalue weighted by atomic mass is 9.86. The molecule has 2 aliphatic rings. The number of carboxylic acid groups (broad SMARTS) is 1. The summed E-state index contributed by atoms with van der Waals surface area (Å²) < 4.78 is 19.3. The molecule has 0 saturated carbocycles. The number of carbonyl (C=O) groups is 2. The molecule has 0 bridgehead atoms. The fraction of sp³-hybridized carbons (Fsp3) is 0.391. The molecule has 0 unspecified atom stereocenters. The predicted octanol–water partition coefficient (Wildman–Crippen LogP) is 2.48. The van der Waals surface area contributed by atoms with Crippen LogP contribution in [0.5, 0.6) is 0 Å². The Kier molecular flexibility index (Phi) is 5.93. The summed E-state index contributed by atoms with van der Waals surface area (Å²) in [7, 11) is 0. The third-order valence-corrected chi connectivity index (χ3v) is 6.15. The van der Waals surface area contributed by atoms with E-state index in [1.54, 1.807) is 17.0 Å². The van der Waals surface area contributed by atoms with Crippen LogP contribution in [0.1, 0.15) is 35.6 Å². The molecule has 31 heavy (non-hydrogen) atoms. The SMILES string of the molecule is O=C(O)N[C@@]1(CO)CC[C@H](C(=O)N2CCc3ccccc3[C@@H]2c2ccc(F)cc2)OC1. The number of benzene rings is 2. The minimum atomic E-state index is -1.24. The average molecular weight is 428 g/mol. The molecule has 0 aromatic heterocycles. The molecule has 0 radical (unpaired) electrons. The van der Waals surface area contributed by atoms with Gasteiger partial charge in [-0.25, -0.2) is 9.18 Å². The normalized spacial score (nSPS) is 25.5. The van der Waals surface area contributed by atoms with Crippen LogP contribution in [0.25, 0.3) is 0 Å². The highest BCUT2D eigenvalue weighted by Gasteiger charge is 2.42. The first-order chi connectivity index (χ1) is 14.9. The first-order valence-electron chi connectivity index (χ1n) is 10.3. The minimum Gasteiger partial charge on any atom is -0.465 e. The summed E-state index contributed by atoms with van der Waals surface area (Å²) in [6.45, 7) is 0.00359. The van der Waals surface area contributed by atoms with Crippen LogP contribution in [0.4, 0.5) is 9.18 Å². The van der Waals surface area contributed by atoms with Gasteiger partial charge < -0.3 is 25.2 Å². The maximum absolute atomic E-state index is 13.5. The van der Waals surface area contributed by atoms with E-state index in [0.717, 1.165) is 16.7 Å². The Morgan fingerprint density at radius 3 is 2.58 bits per heavy atom. The Morgan fingerprint density at radius 1 is 1.19 bits per heavy atom. The van der Waals surface area contributed by atoms with Gasteiger partial charge in [0.15, 0.2) is 0 Å². The first kappa shape index (κ1) is 21.3. The van der Waals surface area contributed by atoms with Crippen LogP contribution in [-0.2, 0) is 16.0 Å². The van der Waals surface area contributed by atoms with E-state index >= 15 is 0 Å². The third kappa shape index (κ3) is 4.26. The van der Waals surface area contributed by atoms with E-state index < -0.39 is 24.3 Å². The van der Waals surface area contributed by atoms with Crippen LogP contribution in [0, 0.1) is 5.82 Å². The number of rotatable bonds is 4. The molecule has 8 heteroatoms. The molecular formula is C23H25FN2O5. The third-order valence-electron chi connectivity index (χ3n) is 6.15. The summed E-state index contributed by atoms with van der Waals surface area (Å²) >= 11 is 0. The lowest BCUT2D eigenvalue weighted by Gasteiger charge is -2.42. The molecule has 2 aromatic rings. The van der Waals surface area contributed by atoms with Gasteiger partial charge in [-0.1, -0.05) is 36.4 Å². The van der Waals surface area contributed by atoms with Gasteiger partial charge >= 0.3 is 6.09 Å². The number of nitrogens with one attached hydrogen (secondary N) is 1. The van der Waals surface area contributed by atoms with E-state index in [1.165, 1.54) is 12.1 Å². The highest BCUT2D eigenvalue weighted by molar-refractivity contribution is 5.82. The number of hydrogen-bond acceptors (Lipinski definition) is 4. The molecule has 0 aliphatic carbocycles. The van der Waals surface area contributed by atoms with Crippen LogP contribution in [0.2, 0.25) is 0 Å². The van der Waals surface area contributed by atoms with E-state index in [9.17, 15) is 19.1 Å². The number of amides is 2. The fourth-order valence-corrected chi connectivity index (χ4v) is 4.50. The van der Waals surface area contributed by atoms with Crippen molar-refractivity contribution in [2.45, 2.75) is 36.9 Å². The van der Waals surface area contributed by atoms with Crippen LogP contribution < -0.4 is 5.32 Å². The molecule has 7 nitrogen and oxygen atoms in total. The topological polar surface area (TPSA) is 99.1 Å².